The normalized spacial score (nSPS) is 10.6. The van der Waals surface area contributed by atoms with Crippen molar-refractivity contribution in [2.45, 2.75) is 0 Å². The maximum absolute atomic E-state index is 11.7. The molecular weight excluding hydrogens is 331 g/mol. The molecule has 1 aromatic heterocycles. The van der Waals surface area contributed by atoms with Gasteiger partial charge in [-0.2, -0.15) is 5.10 Å². The Morgan fingerprint density at radius 3 is 2.94 bits per heavy atom. The maximum Gasteiger partial charge on any atom is 0.271 e. The molecule has 0 aliphatic carbocycles. The number of nitrogens with zero attached hydrogens (tertiary/aromatic N) is 1. The lowest BCUT2D eigenvalue weighted by Crippen LogP contribution is -2.17. The molecule has 1 aromatic carbocycles. The molecule has 1 N–H and O–H groups in total. The molecule has 0 unspecified atom stereocenters. The van der Waals surface area contributed by atoms with E-state index in [1.165, 1.54) is 6.21 Å². The van der Waals surface area contributed by atoms with E-state index < -0.39 is 0 Å². The van der Waals surface area contributed by atoms with Crippen LogP contribution in [0.3, 0.4) is 0 Å². The number of carbonyl (C=O) groups is 1. The summed E-state index contributed by atoms with van der Waals surface area (Å²) in [6.07, 6.45) is 2.99. The van der Waals surface area contributed by atoms with Gasteiger partial charge in [-0.25, -0.2) is 5.43 Å². The van der Waals surface area contributed by atoms with Crippen LogP contribution in [0.15, 0.2) is 52.2 Å². The van der Waals surface area contributed by atoms with Crippen molar-refractivity contribution in [1.82, 2.24) is 5.43 Å². The summed E-state index contributed by atoms with van der Waals surface area (Å²) < 4.78 is 6.04. The topological polar surface area (TPSA) is 54.6 Å². The Morgan fingerprint density at radius 2 is 2.24 bits per heavy atom. The van der Waals surface area contributed by atoms with Gasteiger partial charge in [0.15, 0.2) is 0 Å². The predicted octanol–water partition coefficient (Wildman–Crippen LogP) is 2.65. The van der Waals surface area contributed by atoms with Gasteiger partial charge in [-0.3, -0.25) is 4.79 Å². The number of amides is 1. The molecule has 2 rings (SSSR count). The van der Waals surface area contributed by atoms with Crippen molar-refractivity contribution in [2.75, 3.05) is 0 Å². The van der Waals surface area contributed by atoms with Crippen LogP contribution in [0.25, 0.3) is 0 Å². The number of halogens is 1. The average Bonchev–Trinajstić information content (AvgIpc) is 2.82. The number of hydrogen-bond donors (Lipinski definition) is 1. The standard InChI is InChI=1S/C12H9IN2O2/c13-10-4-1-3-9(7-10)12(16)15-14-8-11-5-2-6-17-11/h1-8H,(H,15,16)/b14-8-. The second-order valence-electron chi connectivity index (χ2n) is 3.22. The van der Waals surface area contributed by atoms with Gasteiger partial charge in [0.2, 0.25) is 0 Å². The van der Waals surface area contributed by atoms with Crippen LogP contribution in [0.4, 0.5) is 0 Å². The van der Waals surface area contributed by atoms with Crippen LogP contribution in [0.5, 0.6) is 0 Å². The fraction of sp³-hybridized carbons (Fsp3) is 0. The van der Waals surface area contributed by atoms with E-state index in [-0.39, 0.29) is 5.91 Å². The first-order valence-corrected chi connectivity index (χ1v) is 5.96. The van der Waals surface area contributed by atoms with Crippen molar-refractivity contribution in [1.29, 1.82) is 0 Å². The van der Waals surface area contributed by atoms with Gasteiger partial charge in [0.25, 0.3) is 5.91 Å². The minimum Gasteiger partial charge on any atom is -0.463 e. The molecule has 1 heterocycles. The lowest BCUT2D eigenvalue weighted by atomic mass is 10.2. The second-order valence-corrected chi connectivity index (χ2v) is 4.47. The quantitative estimate of drug-likeness (QED) is 0.531. The van der Waals surface area contributed by atoms with E-state index in [4.69, 9.17) is 4.42 Å². The molecule has 0 aliphatic heterocycles. The van der Waals surface area contributed by atoms with Crippen LogP contribution < -0.4 is 5.43 Å². The van der Waals surface area contributed by atoms with Gasteiger partial charge in [-0.15, -0.1) is 0 Å². The van der Waals surface area contributed by atoms with E-state index in [1.54, 1.807) is 30.5 Å². The highest BCUT2D eigenvalue weighted by Crippen LogP contribution is 2.07. The molecule has 1 amide bonds. The zero-order chi connectivity index (χ0) is 12.1. The number of rotatable bonds is 3. The summed E-state index contributed by atoms with van der Waals surface area (Å²) in [4.78, 5) is 11.7. The van der Waals surface area contributed by atoms with Crippen LogP contribution in [-0.2, 0) is 0 Å². The summed E-state index contributed by atoms with van der Waals surface area (Å²) in [7, 11) is 0. The van der Waals surface area contributed by atoms with Crippen LogP contribution in [0.1, 0.15) is 16.1 Å². The van der Waals surface area contributed by atoms with Crippen LogP contribution >= 0.6 is 22.6 Å². The fourth-order valence-corrected chi connectivity index (χ4v) is 1.76. The molecule has 17 heavy (non-hydrogen) atoms. The third kappa shape index (κ3) is 3.42. The van der Waals surface area contributed by atoms with Crippen LogP contribution in [0, 0.1) is 3.57 Å². The molecule has 0 saturated heterocycles. The molecule has 5 heteroatoms. The second kappa shape index (κ2) is 5.62. The summed E-state index contributed by atoms with van der Waals surface area (Å²) in [5, 5.41) is 3.80. The van der Waals surface area contributed by atoms with E-state index in [1.807, 2.05) is 12.1 Å². The average molecular weight is 340 g/mol. The zero-order valence-corrected chi connectivity index (χ0v) is 10.9. The van der Waals surface area contributed by atoms with Crippen molar-refractivity contribution in [2.24, 2.45) is 5.10 Å². The first-order chi connectivity index (χ1) is 8.25. The van der Waals surface area contributed by atoms with Crippen molar-refractivity contribution in [3.05, 3.63) is 57.6 Å². The van der Waals surface area contributed by atoms with Crippen molar-refractivity contribution >= 4 is 34.7 Å². The Balaban J connectivity index is 1.98. The molecule has 86 valence electrons. The Bertz CT molecular complexity index is 535. The molecule has 0 saturated carbocycles. The first-order valence-electron chi connectivity index (χ1n) is 4.88. The Morgan fingerprint density at radius 1 is 1.35 bits per heavy atom. The SMILES string of the molecule is O=C(N/N=C\c1ccco1)c1cccc(I)c1. The lowest BCUT2D eigenvalue weighted by molar-refractivity contribution is 0.0955. The van der Waals surface area contributed by atoms with Gasteiger partial charge < -0.3 is 4.42 Å². The molecule has 0 radical (unpaired) electrons. The number of hydrazone groups is 1. The highest BCUT2D eigenvalue weighted by atomic mass is 127. The van der Waals surface area contributed by atoms with E-state index in [0.717, 1.165) is 3.57 Å². The van der Waals surface area contributed by atoms with Crippen LogP contribution in [-0.4, -0.2) is 12.1 Å². The Labute approximate surface area is 112 Å². The molecule has 0 bridgehead atoms. The number of carbonyl (C=O) groups excluding carboxylic acids is 1. The Kier molecular flexibility index (Phi) is 3.92. The minimum atomic E-state index is -0.244. The molecular formula is C12H9IN2O2. The third-order valence-corrected chi connectivity index (χ3v) is 2.66. The zero-order valence-electron chi connectivity index (χ0n) is 8.76. The van der Waals surface area contributed by atoms with E-state index in [2.05, 4.69) is 33.1 Å². The molecule has 2 aromatic rings. The maximum atomic E-state index is 11.7. The van der Waals surface area contributed by atoms with Crippen molar-refractivity contribution in [3.63, 3.8) is 0 Å². The predicted molar refractivity (Wildman–Crippen MR) is 72.9 cm³/mol. The van der Waals surface area contributed by atoms with E-state index in [0.29, 0.717) is 11.3 Å². The van der Waals surface area contributed by atoms with Gasteiger partial charge in [-0.05, 0) is 52.9 Å². The van der Waals surface area contributed by atoms with Crippen LogP contribution in [0.2, 0.25) is 0 Å². The summed E-state index contributed by atoms with van der Waals surface area (Å²) in [6.45, 7) is 0. The number of benzene rings is 1. The largest absolute Gasteiger partial charge is 0.463 e. The number of hydrogen-bond acceptors (Lipinski definition) is 3. The Hall–Kier alpha value is -1.63. The lowest BCUT2D eigenvalue weighted by Gasteiger charge is -1.99. The molecule has 0 aliphatic rings. The number of furan rings is 1. The third-order valence-electron chi connectivity index (χ3n) is 1.99. The van der Waals surface area contributed by atoms with Gasteiger partial charge in [0.1, 0.15) is 5.76 Å². The highest BCUT2D eigenvalue weighted by Gasteiger charge is 2.03. The van der Waals surface area contributed by atoms with Crippen molar-refractivity contribution < 1.29 is 9.21 Å². The van der Waals surface area contributed by atoms with Gasteiger partial charge in [0, 0.05) is 9.13 Å². The van der Waals surface area contributed by atoms with Crippen molar-refractivity contribution in [3.8, 4) is 0 Å². The summed E-state index contributed by atoms with van der Waals surface area (Å²) in [5.74, 6) is 0.347. The molecule has 0 atom stereocenters. The summed E-state index contributed by atoms with van der Waals surface area (Å²) in [6, 6.07) is 10.8. The van der Waals surface area contributed by atoms with Gasteiger partial charge >= 0.3 is 0 Å². The fourth-order valence-electron chi connectivity index (χ4n) is 1.21. The molecule has 4 nitrogen and oxygen atoms in total. The summed E-state index contributed by atoms with van der Waals surface area (Å²) in [5.41, 5.74) is 3.01. The molecule has 0 spiro atoms. The molecule has 0 fully saturated rings. The van der Waals surface area contributed by atoms with Gasteiger partial charge in [0.05, 0.1) is 12.5 Å². The minimum absolute atomic E-state index is 0.244. The smallest absolute Gasteiger partial charge is 0.271 e. The van der Waals surface area contributed by atoms with E-state index >= 15 is 0 Å². The van der Waals surface area contributed by atoms with Gasteiger partial charge in [-0.1, -0.05) is 6.07 Å². The summed E-state index contributed by atoms with van der Waals surface area (Å²) >= 11 is 2.15. The monoisotopic (exact) mass is 340 g/mol. The number of nitrogens with one attached hydrogen (secondary N) is 1. The highest BCUT2D eigenvalue weighted by molar-refractivity contribution is 14.1. The first kappa shape index (κ1) is 11.8. The van der Waals surface area contributed by atoms with E-state index in [9.17, 15) is 4.79 Å².